The van der Waals surface area contributed by atoms with Crippen molar-refractivity contribution in [2.75, 3.05) is 19.7 Å². The molecule has 1 heterocycles. The maximum atomic E-state index is 11.9. The summed E-state index contributed by atoms with van der Waals surface area (Å²) in [6.07, 6.45) is -0.850. The lowest BCUT2D eigenvalue weighted by atomic mass is 10.1. The Kier molecular flexibility index (Phi) is 5.36. The summed E-state index contributed by atoms with van der Waals surface area (Å²) in [5.41, 5.74) is 0. The number of ether oxygens (including phenoxy) is 1. The molecule has 1 saturated heterocycles. The second-order valence-electron chi connectivity index (χ2n) is 4.40. The zero-order valence-corrected chi connectivity index (χ0v) is 10.6. The molecule has 1 aliphatic rings. The average molecular weight is 260 g/mol. The summed E-state index contributed by atoms with van der Waals surface area (Å²) in [7, 11) is 0. The molecule has 1 rings (SSSR count). The van der Waals surface area contributed by atoms with Crippen LogP contribution in [-0.2, 0) is 9.53 Å². The Morgan fingerprint density at radius 3 is 2.78 bits per heavy atom. The first-order valence-corrected chi connectivity index (χ1v) is 6.02. The van der Waals surface area contributed by atoms with Gasteiger partial charge in [0.05, 0.1) is 25.3 Å². The second kappa shape index (κ2) is 6.55. The molecule has 1 aliphatic heterocycles. The third-order valence-electron chi connectivity index (χ3n) is 2.93. The van der Waals surface area contributed by atoms with Gasteiger partial charge in [-0.15, -0.1) is 0 Å². The quantitative estimate of drug-likeness (QED) is 0.641. The first-order valence-electron chi connectivity index (χ1n) is 6.02. The van der Waals surface area contributed by atoms with E-state index in [1.54, 1.807) is 4.90 Å². The number of carboxylic acid groups (broad SMARTS) is 1. The number of morpholine rings is 1. The van der Waals surface area contributed by atoms with Crippen LogP contribution in [0.5, 0.6) is 0 Å². The van der Waals surface area contributed by atoms with E-state index in [4.69, 9.17) is 14.9 Å². The first kappa shape index (κ1) is 14.7. The Hall–Kier alpha value is -1.34. The van der Waals surface area contributed by atoms with Crippen molar-refractivity contribution in [3.8, 4) is 0 Å². The lowest BCUT2D eigenvalue weighted by Crippen LogP contribution is -2.55. The van der Waals surface area contributed by atoms with Gasteiger partial charge in [-0.3, -0.25) is 0 Å². The zero-order chi connectivity index (χ0) is 13.7. The highest BCUT2D eigenvalue weighted by Gasteiger charge is 2.29. The van der Waals surface area contributed by atoms with Crippen molar-refractivity contribution in [1.29, 1.82) is 0 Å². The summed E-state index contributed by atoms with van der Waals surface area (Å²) in [4.78, 5) is 23.9. The largest absolute Gasteiger partial charge is 0.479 e. The molecule has 1 fully saturated rings. The summed E-state index contributed by atoms with van der Waals surface area (Å²) in [6.45, 7) is 4.48. The van der Waals surface area contributed by atoms with Crippen LogP contribution in [0.1, 0.15) is 20.3 Å². The Labute approximate surface area is 106 Å². The molecule has 7 heteroatoms. The molecular formula is C11H20N2O5. The standard InChI is InChI=1S/C11H20N2O5/c1-3-8-6-18-7(2)5-13(8)11(17)12-4-9(14)10(15)16/h7-9,14H,3-6H2,1-2H3,(H,12,17)(H,15,16). The molecule has 0 aliphatic carbocycles. The van der Waals surface area contributed by atoms with E-state index in [-0.39, 0.29) is 24.7 Å². The number of hydrogen-bond donors (Lipinski definition) is 3. The summed E-state index contributed by atoms with van der Waals surface area (Å²) in [5.74, 6) is -1.35. The van der Waals surface area contributed by atoms with Crippen molar-refractivity contribution < 1.29 is 24.5 Å². The monoisotopic (exact) mass is 260 g/mol. The van der Waals surface area contributed by atoms with Gasteiger partial charge in [-0.05, 0) is 13.3 Å². The van der Waals surface area contributed by atoms with Gasteiger partial charge < -0.3 is 25.2 Å². The van der Waals surface area contributed by atoms with Crippen molar-refractivity contribution in [2.24, 2.45) is 0 Å². The van der Waals surface area contributed by atoms with E-state index >= 15 is 0 Å². The Balaban J connectivity index is 2.50. The number of amides is 2. The van der Waals surface area contributed by atoms with Crippen LogP contribution in [0.2, 0.25) is 0 Å². The van der Waals surface area contributed by atoms with E-state index in [1.807, 2.05) is 13.8 Å². The van der Waals surface area contributed by atoms with Crippen LogP contribution in [0.4, 0.5) is 4.79 Å². The topological polar surface area (TPSA) is 99.1 Å². The molecule has 0 aromatic heterocycles. The zero-order valence-electron chi connectivity index (χ0n) is 10.6. The highest BCUT2D eigenvalue weighted by molar-refractivity contribution is 5.77. The van der Waals surface area contributed by atoms with E-state index in [1.165, 1.54) is 0 Å². The van der Waals surface area contributed by atoms with Crippen LogP contribution in [0.15, 0.2) is 0 Å². The fourth-order valence-corrected chi connectivity index (χ4v) is 1.80. The lowest BCUT2D eigenvalue weighted by Gasteiger charge is -2.38. The molecule has 0 spiro atoms. The Bertz CT molecular complexity index is 310. The average Bonchev–Trinajstić information content (AvgIpc) is 2.35. The number of carbonyl (C=O) groups is 2. The molecular weight excluding hydrogens is 240 g/mol. The van der Waals surface area contributed by atoms with Crippen molar-refractivity contribution in [3.05, 3.63) is 0 Å². The van der Waals surface area contributed by atoms with Crippen LogP contribution >= 0.6 is 0 Å². The molecule has 2 amide bonds. The number of carboxylic acids is 1. The van der Waals surface area contributed by atoms with Crippen LogP contribution in [0.3, 0.4) is 0 Å². The number of nitrogens with one attached hydrogen (secondary N) is 1. The normalized spacial score (nSPS) is 25.6. The fraction of sp³-hybridized carbons (Fsp3) is 0.818. The minimum absolute atomic E-state index is 0.0110. The molecule has 3 atom stereocenters. The SMILES string of the molecule is CCC1COC(C)CN1C(=O)NCC(O)C(=O)O. The van der Waals surface area contributed by atoms with Gasteiger partial charge in [0.25, 0.3) is 0 Å². The minimum atomic E-state index is -1.58. The van der Waals surface area contributed by atoms with Crippen LogP contribution in [0, 0.1) is 0 Å². The van der Waals surface area contributed by atoms with E-state index in [9.17, 15) is 9.59 Å². The van der Waals surface area contributed by atoms with E-state index in [2.05, 4.69) is 5.32 Å². The van der Waals surface area contributed by atoms with E-state index in [0.717, 1.165) is 6.42 Å². The summed E-state index contributed by atoms with van der Waals surface area (Å²) in [5, 5.41) is 20.0. The van der Waals surface area contributed by atoms with Gasteiger partial charge in [0, 0.05) is 6.54 Å². The molecule has 104 valence electrons. The second-order valence-corrected chi connectivity index (χ2v) is 4.40. The molecule has 18 heavy (non-hydrogen) atoms. The van der Waals surface area contributed by atoms with Crippen LogP contribution in [0.25, 0.3) is 0 Å². The molecule has 0 aromatic carbocycles. The number of carbonyl (C=O) groups excluding carboxylic acids is 1. The molecule has 0 aromatic rings. The number of aliphatic carboxylic acids is 1. The number of nitrogens with zero attached hydrogens (tertiary/aromatic N) is 1. The van der Waals surface area contributed by atoms with E-state index < -0.39 is 12.1 Å². The summed E-state index contributed by atoms with van der Waals surface area (Å²) >= 11 is 0. The van der Waals surface area contributed by atoms with Crippen LogP contribution in [-0.4, -0.2) is 65.1 Å². The highest BCUT2D eigenvalue weighted by Crippen LogP contribution is 2.14. The molecule has 3 N–H and O–H groups in total. The van der Waals surface area contributed by atoms with Crippen molar-refractivity contribution in [1.82, 2.24) is 10.2 Å². The van der Waals surface area contributed by atoms with Crippen molar-refractivity contribution >= 4 is 12.0 Å². The predicted molar refractivity (Wildman–Crippen MR) is 63.2 cm³/mol. The first-order chi connectivity index (χ1) is 8.45. The Morgan fingerprint density at radius 1 is 1.56 bits per heavy atom. The van der Waals surface area contributed by atoms with Gasteiger partial charge in [-0.2, -0.15) is 0 Å². The lowest BCUT2D eigenvalue weighted by molar-refractivity contribution is -0.146. The summed E-state index contributed by atoms with van der Waals surface area (Å²) in [6, 6.07) is -0.375. The molecule has 0 radical (unpaired) electrons. The molecule has 0 bridgehead atoms. The number of urea groups is 1. The number of hydrogen-bond acceptors (Lipinski definition) is 4. The minimum Gasteiger partial charge on any atom is -0.479 e. The van der Waals surface area contributed by atoms with Crippen molar-refractivity contribution in [3.63, 3.8) is 0 Å². The van der Waals surface area contributed by atoms with Gasteiger partial charge in [0.15, 0.2) is 6.10 Å². The molecule has 7 nitrogen and oxygen atoms in total. The Morgan fingerprint density at radius 2 is 2.22 bits per heavy atom. The maximum absolute atomic E-state index is 11.9. The third kappa shape index (κ3) is 3.85. The smallest absolute Gasteiger partial charge is 0.334 e. The van der Waals surface area contributed by atoms with Gasteiger partial charge in [0.1, 0.15) is 0 Å². The number of rotatable bonds is 4. The van der Waals surface area contributed by atoms with Gasteiger partial charge >= 0.3 is 12.0 Å². The van der Waals surface area contributed by atoms with Gasteiger partial charge in [-0.1, -0.05) is 6.92 Å². The summed E-state index contributed by atoms with van der Waals surface area (Å²) < 4.78 is 5.46. The third-order valence-corrected chi connectivity index (χ3v) is 2.93. The highest BCUT2D eigenvalue weighted by atomic mass is 16.5. The van der Waals surface area contributed by atoms with Gasteiger partial charge in [0.2, 0.25) is 0 Å². The number of aliphatic hydroxyl groups is 1. The fourth-order valence-electron chi connectivity index (χ4n) is 1.80. The van der Waals surface area contributed by atoms with E-state index in [0.29, 0.717) is 13.2 Å². The number of aliphatic hydroxyl groups excluding tert-OH is 1. The predicted octanol–water partition coefficient (Wildman–Crippen LogP) is -0.359. The maximum Gasteiger partial charge on any atom is 0.334 e. The van der Waals surface area contributed by atoms with Crippen LogP contribution < -0.4 is 5.32 Å². The van der Waals surface area contributed by atoms with Crippen molar-refractivity contribution in [2.45, 2.75) is 38.5 Å². The van der Waals surface area contributed by atoms with Gasteiger partial charge in [-0.25, -0.2) is 9.59 Å². The molecule has 3 unspecified atom stereocenters. The molecule has 0 saturated carbocycles.